The van der Waals surface area contributed by atoms with Gasteiger partial charge in [0.2, 0.25) is 23.6 Å². The molecule has 116 valence electrons. The van der Waals surface area contributed by atoms with Crippen molar-refractivity contribution in [3.05, 3.63) is 12.2 Å². The van der Waals surface area contributed by atoms with Gasteiger partial charge in [-0.25, -0.2) is 0 Å². The van der Waals surface area contributed by atoms with Gasteiger partial charge >= 0.3 is 0 Å². The normalized spacial score (nSPS) is 19.3. The first-order valence-corrected chi connectivity index (χ1v) is 6.28. The second-order valence-corrected chi connectivity index (χ2v) is 4.52. The van der Waals surface area contributed by atoms with Crippen LogP contribution in [0, 0.1) is 0 Å². The summed E-state index contributed by atoms with van der Waals surface area (Å²) in [4.78, 5) is 70.2. The van der Waals surface area contributed by atoms with Crippen molar-refractivity contribution in [1.29, 1.82) is 0 Å². The van der Waals surface area contributed by atoms with E-state index >= 15 is 0 Å². The Labute approximate surface area is 124 Å². The number of piperazine rings is 2. The van der Waals surface area contributed by atoms with Crippen molar-refractivity contribution in [2.45, 2.75) is 0 Å². The van der Waals surface area contributed by atoms with Crippen LogP contribution in [0.25, 0.3) is 0 Å². The molecule has 0 spiro atoms. The molecule has 0 atom stereocenters. The van der Waals surface area contributed by atoms with Gasteiger partial charge in [-0.2, -0.15) is 0 Å². The Morgan fingerprint density at radius 3 is 1.50 bits per heavy atom. The van der Waals surface area contributed by atoms with Gasteiger partial charge in [-0.15, -0.1) is 0 Å². The zero-order valence-electron chi connectivity index (χ0n) is 11.3. The maximum atomic E-state index is 11.8. The van der Waals surface area contributed by atoms with Gasteiger partial charge < -0.3 is 10.6 Å². The number of carbonyl (C=O) groups excluding carboxylic acids is 6. The zero-order valence-corrected chi connectivity index (χ0v) is 11.3. The molecule has 0 saturated carbocycles. The summed E-state index contributed by atoms with van der Waals surface area (Å²) in [6.45, 7) is -1.45. The Kier molecular flexibility index (Phi) is 4.30. The first-order valence-electron chi connectivity index (χ1n) is 6.28. The molecule has 0 aliphatic carbocycles. The fourth-order valence-electron chi connectivity index (χ4n) is 1.84. The van der Waals surface area contributed by atoms with E-state index in [9.17, 15) is 28.8 Å². The molecule has 10 heteroatoms. The van der Waals surface area contributed by atoms with Crippen LogP contribution in [-0.4, -0.2) is 71.4 Å². The van der Waals surface area contributed by atoms with E-state index in [0.29, 0.717) is 9.80 Å². The lowest BCUT2D eigenvalue weighted by Gasteiger charge is -2.24. The molecule has 0 aromatic carbocycles. The molecule has 0 aromatic heterocycles. The van der Waals surface area contributed by atoms with Crippen LogP contribution in [0.2, 0.25) is 0 Å². The van der Waals surface area contributed by atoms with Gasteiger partial charge in [0, 0.05) is 12.2 Å². The molecule has 2 saturated heterocycles. The largest absolute Gasteiger partial charge is 0.345 e. The molecule has 2 rings (SSSR count). The van der Waals surface area contributed by atoms with E-state index in [0.717, 1.165) is 12.2 Å². The smallest absolute Gasteiger partial charge is 0.253 e. The Bertz CT molecular complexity index is 559. The van der Waals surface area contributed by atoms with Crippen LogP contribution < -0.4 is 10.6 Å². The van der Waals surface area contributed by atoms with Gasteiger partial charge in [0.25, 0.3) is 11.8 Å². The highest BCUT2D eigenvalue weighted by molar-refractivity contribution is 6.11. The number of hydrogen-bond acceptors (Lipinski definition) is 6. The topological polar surface area (TPSA) is 133 Å². The van der Waals surface area contributed by atoms with Crippen LogP contribution in [-0.2, 0) is 28.8 Å². The molecule has 2 fully saturated rings. The highest BCUT2D eigenvalue weighted by atomic mass is 16.2. The first-order chi connectivity index (χ1) is 10.4. The third kappa shape index (κ3) is 3.34. The van der Waals surface area contributed by atoms with Crippen molar-refractivity contribution in [2.24, 2.45) is 0 Å². The molecule has 0 radical (unpaired) electrons. The van der Waals surface area contributed by atoms with Crippen LogP contribution in [0.3, 0.4) is 0 Å². The predicted molar refractivity (Wildman–Crippen MR) is 68.6 cm³/mol. The summed E-state index contributed by atoms with van der Waals surface area (Å²) in [5.74, 6) is -3.87. The maximum absolute atomic E-state index is 11.8. The third-order valence-corrected chi connectivity index (χ3v) is 2.98. The average molecular weight is 308 g/mol. The molecule has 2 aliphatic heterocycles. The van der Waals surface area contributed by atoms with E-state index in [1.165, 1.54) is 0 Å². The second-order valence-electron chi connectivity index (χ2n) is 4.52. The van der Waals surface area contributed by atoms with E-state index in [-0.39, 0.29) is 13.1 Å². The summed E-state index contributed by atoms with van der Waals surface area (Å²) in [5, 5.41) is 4.55. The van der Waals surface area contributed by atoms with Crippen molar-refractivity contribution in [3.8, 4) is 0 Å². The number of imide groups is 2. The minimum Gasteiger partial charge on any atom is -0.345 e. The zero-order chi connectivity index (χ0) is 16.3. The minimum absolute atomic E-state index is 0.295. The van der Waals surface area contributed by atoms with Gasteiger partial charge in [0.15, 0.2) is 0 Å². The van der Waals surface area contributed by atoms with Gasteiger partial charge in [-0.1, -0.05) is 0 Å². The van der Waals surface area contributed by atoms with Crippen LogP contribution in [0.5, 0.6) is 0 Å². The van der Waals surface area contributed by atoms with Crippen LogP contribution in [0.1, 0.15) is 0 Å². The Hall–Kier alpha value is -3.04. The van der Waals surface area contributed by atoms with Crippen LogP contribution in [0.4, 0.5) is 0 Å². The number of hydrogen-bond donors (Lipinski definition) is 2. The maximum Gasteiger partial charge on any atom is 0.253 e. The third-order valence-electron chi connectivity index (χ3n) is 2.98. The number of amides is 6. The lowest BCUT2D eigenvalue weighted by molar-refractivity contribution is -0.149. The molecule has 0 bridgehead atoms. The Morgan fingerprint density at radius 1 is 0.773 bits per heavy atom. The molecule has 22 heavy (non-hydrogen) atoms. The van der Waals surface area contributed by atoms with Crippen molar-refractivity contribution in [1.82, 2.24) is 20.4 Å². The quantitative estimate of drug-likeness (QED) is 0.509. The van der Waals surface area contributed by atoms with Gasteiger partial charge in [-0.05, 0) is 0 Å². The summed E-state index contributed by atoms with van der Waals surface area (Å²) >= 11 is 0. The number of nitrogens with zero attached hydrogens (tertiary/aromatic N) is 2. The SMILES string of the molecule is O=C1CN(C(=O)/C=C/C(=O)N2CC(=O)NCC2=O)C(=O)CN1. The fourth-order valence-corrected chi connectivity index (χ4v) is 1.84. The predicted octanol–water partition coefficient (Wildman–Crippen LogP) is -3.49. The standard InChI is InChI=1S/C12H12N4O6/c17-7-5-15(11(21)3-13-7)9(19)1-2-10(20)16-6-8(18)14-4-12(16)22/h1-2H,3-6H2,(H,13,17)(H,14,18)/b2-1+. The summed E-state index contributed by atoms with van der Waals surface area (Å²) in [7, 11) is 0. The lowest BCUT2D eigenvalue weighted by atomic mass is 10.3. The van der Waals surface area contributed by atoms with Gasteiger partial charge in [-0.3, -0.25) is 38.6 Å². The molecule has 0 unspecified atom stereocenters. The van der Waals surface area contributed by atoms with E-state index in [1.54, 1.807) is 0 Å². The van der Waals surface area contributed by atoms with E-state index in [4.69, 9.17) is 0 Å². The van der Waals surface area contributed by atoms with E-state index in [2.05, 4.69) is 10.6 Å². The highest BCUT2D eigenvalue weighted by Crippen LogP contribution is 2.01. The van der Waals surface area contributed by atoms with Gasteiger partial charge in [0.05, 0.1) is 13.1 Å². The van der Waals surface area contributed by atoms with Crippen molar-refractivity contribution >= 4 is 35.4 Å². The molecule has 2 N–H and O–H groups in total. The number of carbonyl (C=O) groups is 6. The average Bonchev–Trinajstić information content (AvgIpc) is 2.49. The van der Waals surface area contributed by atoms with Crippen molar-refractivity contribution in [2.75, 3.05) is 26.2 Å². The monoisotopic (exact) mass is 308 g/mol. The number of rotatable bonds is 2. The van der Waals surface area contributed by atoms with Crippen molar-refractivity contribution in [3.63, 3.8) is 0 Å². The molecule has 6 amide bonds. The lowest BCUT2D eigenvalue weighted by Crippen LogP contribution is -2.54. The minimum atomic E-state index is -0.845. The van der Waals surface area contributed by atoms with Gasteiger partial charge in [0.1, 0.15) is 13.1 Å². The van der Waals surface area contributed by atoms with Crippen LogP contribution in [0.15, 0.2) is 12.2 Å². The summed E-state index contributed by atoms with van der Waals surface area (Å²) in [6.07, 6.45) is 1.58. The Balaban J connectivity index is 2.01. The highest BCUT2D eigenvalue weighted by Gasteiger charge is 2.29. The molecule has 10 nitrogen and oxygen atoms in total. The molecular weight excluding hydrogens is 296 g/mol. The molecular formula is C12H12N4O6. The second kappa shape index (κ2) is 6.16. The van der Waals surface area contributed by atoms with Crippen LogP contribution >= 0.6 is 0 Å². The summed E-state index contributed by atoms with van der Waals surface area (Å²) in [5.41, 5.74) is 0. The number of nitrogens with one attached hydrogen (secondary N) is 2. The van der Waals surface area contributed by atoms with Crippen molar-refractivity contribution < 1.29 is 28.8 Å². The fraction of sp³-hybridized carbons (Fsp3) is 0.333. The molecule has 0 aromatic rings. The first kappa shape index (κ1) is 15.4. The van der Waals surface area contributed by atoms with E-state index < -0.39 is 48.5 Å². The molecule has 2 aliphatic rings. The molecule has 2 heterocycles. The summed E-state index contributed by atoms with van der Waals surface area (Å²) < 4.78 is 0. The summed E-state index contributed by atoms with van der Waals surface area (Å²) in [6, 6.07) is 0. The Morgan fingerprint density at radius 2 is 1.14 bits per heavy atom. The van der Waals surface area contributed by atoms with E-state index in [1.807, 2.05) is 0 Å².